The molecule has 0 saturated carbocycles. The fraction of sp³-hybridized carbons (Fsp3) is 0.304. The van der Waals surface area contributed by atoms with Gasteiger partial charge >= 0.3 is 6.18 Å². The molecule has 6 rings (SSSR count). The van der Waals surface area contributed by atoms with E-state index in [1.807, 2.05) is 24.7 Å². The van der Waals surface area contributed by atoms with Crippen LogP contribution in [0.4, 0.5) is 13.2 Å². The van der Waals surface area contributed by atoms with E-state index in [0.717, 1.165) is 52.8 Å². The van der Waals surface area contributed by atoms with E-state index in [2.05, 4.69) is 36.0 Å². The highest BCUT2D eigenvalue weighted by Crippen LogP contribution is 2.32. The van der Waals surface area contributed by atoms with Crippen LogP contribution in [0, 0.1) is 0 Å². The lowest BCUT2D eigenvalue weighted by Gasteiger charge is -2.24. The minimum Gasteiger partial charge on any atom is -0.344 e. The van der Waals surface area contributed by atoms with Gasteiger partial charge in [0.25, 0.3) is 0 Å². The minimum absolute atomic E-state index is 0.358. The van der Waals surface area contributed by atoms with Crippen LogP contribution in [0.2, 0.25) is 0 Å². The summed E-state index contributed by atoms with van der Waals surface area (Å²) in [5.74, 6) is 0. The van der Waals surface area contributed by atoms with Crippen molar-refractivity contribution in [2.45, 2.75) is 31.6 Å². The molecule has 8 nitrogen and oxygen atoms in total. The van der Waals surface area contributed by atoms with Gasteiger partial charge in [0.2, 0.25) is 0 Å². The Morgan fingerprint density at radius 2 is 2.03 bits per heavy atom. The highest BCUT2D eigenvalue weighted by molar-refractivity contribution is 5.94. The number of fused-ring (bicyclic) bond motifs is 2. The first-order chi connectivity index (χ1) is 16.4. The van der Waals surface area contributed by atoms with Gasteiger partial charge in [-0.25, -0.2) is 15.0 Å². The zero-order chi connectivity index (χ0) is 23.3. The number of benzene rings is 1. The number of halogens is 3. The molecular formula is C23H21F3N8. The SMILES string of the molecule is FC(F)(F)Cn1cc(-c2cnc3[nH]cc(-c4ccc5ncn(C6CCCNC6)c5c4)c3n2)cn1. The number of nitrogens with one attached hydrogen (secondary N) is 2. The first-order valence-electron chi connectivity index (χ1n) is 11.1. The molecule has 0 spiro atoms. The highest BCUT2D eigenvalue weighted by Gasteiger charge is 2.28. The molecule has 5 aromatic rings. The average molecular weight is 466 g/mol. The fourth-order valence-corrected chi connectivity index (χ4v) is 4.57. The van der Waals surface area contributed by atoms with Crippen molar-refractivity contribution in [3.63, 3.8) is 0 Å². The number of hydrogen-bond donors (Lipinski definition) is 2. The Balaban J connectivity index is 1.38. The van der Waals surface area contributed by atoms with E-state index in [1.165, 1.54) is 18.6 Å². The molecule has 1 aliphatic rings. The number of nitrogens with zero attached hydrogens (tertiary/aromatic N) is 6. The molecule has 1 fully saturated rings. The van der Waals surface area contributed by atoms with E-state index in [9.17, 15) is 13.2 Å². The quantitative estimate of drug-likeness (QED) is 0.412. The first-order valence-corrected chi connectivity index (χ1v) is 11.1. The summed E-state index contributed by atoms with van der Waals surface area (Å²) in [6, 6.07) is 6.46. The van der Waals surface area contributed by atoms with Crippen LogP contribution < -0.4 is 5.32 Å². The molecular weight excluding hydrogens is 445 g/mol. The maximum Gasteiger partial charge on any atom is 0.408 e. The third-order valence-corrected chi connectivity index (χ3v) is 6.20. The average Bonchev–Trinajstić information content (AvgIpc) is 3.56. The van der Waals surface area contributed by atoms with E-state index in [1.54, 1.807) is 0 Å². The van der Waals surface area contributed by atoms with Crippen LogP contribution in [0.1, 0.15) is 18.9 Å². The molecule has 11 heteroatoms. The lowest BCUT2D eigenvalue weighted by Crippen LogP contribution is -2.31. The van der Waals surface area contributed by atoms with Crippen molar-refractivity contribution in [1.82, 2.24) is 39.6 Å². The van der Waals surface area contributed by atoms with Crippen molar-refractivity contribution < 1.29 is 13.2 Å². The number of H-pyrrole nitrogens is 1. The van der Waals surface area contributed by atoms with Gasteiger partial charge in [0.05, 0.1) is 35.4 Å². The lowest BCUT2D eigenvalue weighted by atomic mass is 10.1. The third kappa shape index (κ3) is 3.81. The predicted octanol–water partition coefficient (Wildman–Crippen LogP) is 4.32. The van der Waals surface area contributed by atoms with Gasteiger partial charge in [-0.2, -0.15) is 18.3 Å². The summed E-state index contributed by atoms with van der Waals surface area (Å²) in [6.07, 6.45) is 5.88. The Bertz CT molecular complexity index is 1470. The summed E-state index contributed by atoms with van der Waals surface area (Å²) < 4.78 is 41.2. The summed E-state index contributed by atoms with van der Waals surface area (Å²) in [5, 5.41) is 7.26. The van der Waals surface area contributed by atoms with Crippen LogP contribution in [0.15, 0.2) is 49.3 Å². The van der Waals surface area contributed by atoms with Gasteiger partial charge in [-0.05, 0) is 37.1 Å². The van der Waals surface area contributed by atoms with Crippen LogP contribution in [0.5, 0.6) is 0 Å². The third-order valence-electron chi connectivity index (χ3n) is 6.20. The van der Waals surface area contributed by atoms with Gasteiger partial charge in [0.15, 0.2) is 5.65 Å². The van der Waals surface area contributed by atoms with Crippen LogP contribution >= 0.6 is 0 Å². The molecule has 174 valence electrons. The van der Waals surface area contributed by atoms with Gasteiger partial charge in [0.1, 0.15) is 12.1 Å². The Labute approximate surface area is 191 Å². The van der Waals surface area contributed by atoms with Crippen LogP contribution in [0.3, 0.4) is 0 Å². The van der Waals surface area contributed by atoms with Crippen LogP contribution in [-0.4, -0.2) is 53.5 Å². The second-order valence-corrected chi connectivity index (χ2v) is 8.55. The topological polar surface area (TPSA) is 89.2 Å². The Hall–Kier alpha value is -3.73. The molecule has 1 atom stereocenters. The van der Waals surface area contributed by atoms with Crippen molar-refractivity contribution in [1.29, 1.82) is 0 Å². The molecule has 1 saturated heterocycles. The van der Waals surface area contributed by atoms with Crippen molar-refractivity contribution >= 4 is 22.2 Å². The first kappa shape index (κ1) is 20.8. The fourth-order valence-electron chi connectivity index (χ4n) is 4.57. The van der Waals surface area contributed by atoms with Crippen LogP contribution in [-0.2, 0) is 6.54 Å². The number of aromatic amines is 1. The smallest absolute Gasteiger partial charge is 0.344 e. The molecule has 0 bridgehead atoms. The summed E-state index contributed by atoms with van der Waals surface area (Å²) in [7, 11) is 0. The Kier molecular flexibility index (Phi) is 4.87. The zero-order valence-electron chi connectivity index (χ0n) is 18.0. The molecule has 34 heavy (non-hydrogen) atoms. The second-order valence-electron chi connectivity index (χ2n) is 8.55. The van der Waals surface area contributed by atoms with E-state index in [4.69, 9.17) is 4.98 Å². The molecule has 1 aromatic carbocycles. The van der Waals surface area contributed by atoms with E-state index < -0.39 is 12.7 Å². The van der Waals surface area contributed by atoms with E-state index in [0.29, 0.717) is 28.5 Å². The van der Waals surface area contributed by atoms with E-state index in [-0.39, 0.29) is 0 Å². The Morgan fingerprint density at radius 1 is 1.12 bits per heavy atom. The molecule has 5 heterocycles. The summed E-state index contributed by atoms with van der Waals surface area (Å²) in [6.45, 7) is 0.807. The van der Waals surface area contributed by atoms with Crippen molar-refractivity contribution in [3.8, 4) is 22.4 Å². The van der Waals surface area contributed by atoms with Crippen molar-refractivity contribution in [2.75, 3.05) is 13.1 Å². The van der Waals surface area contributed by atoms with Gasteiger partial charge in [0, 0.05) is 36.1 Å². The zero-order valence-corrected chi connectivity index (χ0v) is 18.0. The standard InChI is InChI=1S/C23H21F3N8/c24-23(25,26)12-33-11-15(7-31-33)19-10-29-22-21(32-19)17(9-28-22)14-3-4-18-20(6-14)34(13-30-18)16-2-1-5-27-8-16/h3-4,6-7,9-11,13,16,27H,1-2,5,8,12H2,(H,28,29). The maximum absolute atomic E-state index is 12.7. The molecule has 2 N–H and O–H groups in total. The number of hydrogen-bond acceptors (Lipinski definition) is 5. The largest absolute Gasteiger partial charge is 0.408 e. The van der Waals surface area contributed by atoms with E-state index >= 15 is 0 Å². The molecule has 0 aliphatic carbocycles. The normalized spacial score (nSPS) is 17.1. The highest BCUT2D eigenvalue weighted by atomic mass is 19.4. The predicted molar refractivity (Wildman–Crippen MR) is 121 cm³/mol. The van der Waals surface area contributed by atoms with Gasteiger partial charge in [-0.1, -0.05) is 6.07 Å². The van der Waals surface area contributed by atoms with Crippen LogP contribution in [0.25, 0.3) is 44.6 Å². The molecule has 1 unspecified atom stereocenters. The molecule has 4 aromatic heterocycles. The minimum atomic E-state index is -4.34. The summed E-state index contributed by atoms with van der Waals surface area (Å²) in [4.78, 5) is 16.9. The molecule has 1 aliphatic heterocycles. The Morgan fingerprint density at radius 3 is 2.85 bits per heavy atom. The monoisotopic (exact) mass is 466 g/mol. The van der Waals surface area contributed by atoms with Crippen molar-refractivity contribution in [2.24, 2.45) is 0 Å². The lowest BCUT2D eigenvalue weighted by molar-refractivity contribution is -0.142. The number of alkyl halides is 3. The number of imidazole rings is 1. The summed E-state index contributed by atoms with van der Waals surface area (Å²) >= 11 is 0. The maximum atomic E-state index is 12.7. The number of rotatable bonds is 4. The van der Waals surface area contributed by atoms with Gasteiger partial charge in [-0.3, -0.25) is 4.68 Å². The van der Waals surface area contributed by atoms with Gasteiger partial charge < -0.3 is 14.9 Å². The van der Waals surface area contributed by atoms with Crippen molar-refractivity contribution in [3.05, 3.63) is 49.3 Å². The number of piperidine rings is 1. The second kappa shape index (κ2) is 7.94. The molecule has 0 amide bonds. The number of aromatic nitrogens is 7. The molecule has 0 radical (unpaired) electrons. The van der Waals surface area contributed by atoms with Gasteiger partial charge in [-0.15, -0.1) is 0 Å². The summed E-state index contributed by atoms with van der Waals surface area (Å²) in [5.41, 5.74) is 5.99.